The Morgan fingerprint density at radius 1 is 0.941 bits per heavy atom. The Morgan fingerprint density at radius 3 is 2.38 bits per heavy atom. The van der Waals surface area contributed by atoms with Gasteiger partial charge in [-0.15, -0.1) is 0 Å². The van der Waals surface area contributed by atoms with Crippen molar-refractivity contribution in [1.29, 1.82) is 0 Å². The molecule has 2 aliphatic rings. The topological polar surface area (TPSA) is 75.6 Å². The summed E-state index contributed by atoms with van der Waals surface area (Å²) >= 11 is 5.90. The molecule has 1 saturated heterocycles. The quantitative estimate of drug-likeness (QED) is 0.485. The van der Waals surface area contributed by atoms with Crippen molar-refractivity contribution in [3.05, 3.63) is 59.4 Å². The maximum absolute atomic E-state index is 12.9. The van der Waals surface area contributed by atoms with Crippen LogP contribution in [0.1, 0.15) is 31.5 Å². The van der Waals surface area contributed by atoms with Crippen molar-refractivity contribution in [3.8, 4) is 5.88 Å². The number of piperazine rings is 1. The summed E-state index contributed by atoms with van der Waals surface area (Å²) in [5, 5.41) is 1.48. The second-order valence-electron chi connectivity index (χ2n) is 8.94. The molecule has 2 heterocycles. The van der Waals surface area contributed by atoms with Crippen LogP contribution in [0.2, 0.25) is 5.02 Å². The average Bonchev–Trinajstić information content (AvgIpc) is 3.36. The Balaban J connectivity index is 1.22. The molecule has 1 saturated carbocycles. The van der Waals surface area contributed by atoms with Gasteiger partial charge in [0.25, 0.3) is 0 Å². The zero-order valence-corrected chi connectivity index (χ0v) is 20.6. The first-order valence-electron chi connectivity index (χ1n) is 11.9. The van der Waals surface area contributed by atoms with Crippen molar-refractivity contribution >= 4 is 32.5 Å². The number of hydrogen-bond donors (Lipinski definition) is 0. The first-order chi connectivity index (χ1) is 16.5. The van der Waals surface area contributed by atoms with Crippen molar-refractivity contribution in [3.63, 3.8) is 0 Å². The van der Waals surface area contributed by atoms with Crippen LogP contribution in [0, 0.1) is 0 Å². The van der Waals surface area contributed by atoms with Crippen molar-refractivity contribution < 1.29 is 13.2 Å². The molecule has 180 valence electrons. The molecule has 9 heteroatoms. The van der Waals surface area contributed by atoms with Crippen LogP contribution in [0.5, 0.6) is 5.88 Å². The van der Waals surface area contributed by atoms with E-state index in [1.165, 1.54) is 12.8 Å². The summed E-state index contributed by atoms with van der Waals surface area (Å²) in [7, 11) is -3.50. The minimum Gasteiger partial charge on any atom is -0.474 e. The molecule has 2 aromatic carbocycles. The van der Waals surface area contributed by atoms with Crippen LogP contribution < -0.4 is 4.74 Å². The molecule has 1 aliphatic carbocycles. The van der Waals surface area contributed by atoms with Crippen LogP contribution in [0.15, 0.2) is 53.4 Å². The highest BCUT2D eigenvalue weighted by molar-refractivity contribution is 7.89. The number of halogens is 1. The molecular weight excluding hydrogens is 472 g/mol. The fraction of sp³-hybridized carbons (Fsp3) is 0.440. The number of hydrogen-bond acceptors (Lipinski definition) is 6. The van der Waals surface area contributed by atoms with Gasteiger partial charge in [0.15, 0.2) is 0 Å². The van der Waals surface area contributed by atoms with Gasteiger partial charge >= 0.3 is 0 Å². The number of rotatable bonds is 7. The van der Waals surface area contributed by atoms with Crippen LogP contribution in [0.4, 0.5) is 0 Å². The summed E-state index contributed by atoms with van der Waals surface area (Å²) in [5.41, 5.74) is 0.902. The van der Waals surface area contributed by atoms with Crippen LogP contribution in [0.25, 0.3) is 10.9 Å². The smallest absolute Gasteiger partial charge is 0.243 e. The molecule has 5 rings (SSSR count). The van der Waals surface area contributed by atoms with Gasteiger partial charge in [-0.05, 0) is 62.1 Å². The van der Waals surface area contributed by atoms with Gasteiger partial charge in [0.2, 0.25) is 15.9 Å². The van der Waals surface area contributed by atoms with Crippen LogP contribution in [0.3, 0.4) is 0 Å². The monoisotopic (exact) mass is 500 g/mol. The van der Waals surface area contributed by atoms with E-state index >= 15 is 0 Å². The second-order valence-corrected chi connectivity index (χ2v) is 11.3. The van der Waals surface area contributed by atoms with E-state index in [9.17, 15) is 8.42 Å². The highest BCUT2D eigenvalue weighted by Crippen LogP contribution is 2.28. The summed E-state index contributed by atoms with van der Waals surface area (Å²) < 4.78 is 33.7. The van der Waals surface area contributed by atoms with Crippen molar-refractivity contribution in [2.24, 2.45) is 0 Å². The Labute approximate surface area is 205 Å². The molecule has 0 atom stereocenters. The summed E-state index contributed by atoms with van der Waals surface area (Å²) in [5.74, 6) is 1.45. The second kappa shape index (κ2) is 10.2. The largest absolute Gasteiger partial charge is 0.474 e. The highest BCUT2D eigenvalue weighted by atomic mass is 35.5. The lowest BCUT2D eigenvalue weighted by atomic mass is 10.2. The third-order valence-electron chi connectivity index (χ3n) is 6.63. The maximum atomic E-state index is 12.9. The Bertz CT molecular complexity index is 1240. The Morgan fingerprint density at radius 2 is 1.65 bits per heavy atom. The average molecular weight is 501 g/mol. The minimum atomic E-state index is -3.50. The predicted molar refractivity (Wildman–Crippen MR) is 133 cm³/mol. The van der Waals surface area contributed by atoms with E-state index < -0.39 is 10.0 Å². The van der Waals surface area contributed by atoms with Crippen molar-refractivity contribution in [2.45, 2.75) is 43.1 Å². The lowest BCUT2D eigenvalue weighted by Crippen LogP contribution is -2.49. The molecule has 7 nitrogen and oxygen atoms in total. The van der Waals surface area contributed by atoms with Crippen molar-refractivity contribution in [1.82, 2.24) is 19.2 Å². The molecule has 0 N–H and O–H groups in total. The van der Waals surface area contributed by atoms with Crippen LogP contribution in [-0.2, 0) is 16.4 Å². The van der Waals surface area contributed by atoms with E-state index in [0.29, 0.717) is 43.5 Å². The minimum absolute atomic E-state index is 0.238. The number of ether oxygens (including phenoxy) is 1. The molecule has 0 unspecified atom stereocenters. The summed E-state index contributed by atoms with van der Waals surface area (Å²) in [4.78, 5) is 12.1. The van der Waals surface area contributed by atoms with Gasteiger partial charge in [0.1, 0.15) is 11.9 Å². The Hall–Kier alpha value is -2.26. The first-order valence-corrected chi connectivity index (χ1v) is 13.7. The van der Waals surface area contributed by atoms with Crippen LogP contribution in [-0.4, -0.2) is 66.4 Å². The van der Waals surface area contributed by atoms with E-state index in [-0.39, 0.29) is 11.0 Å². The number of benzene rings is 2. The standard InChI is InChI=1S/C25H29ClN4O3S/c26-19-9-11-21(12-10-19)34(31,32)30-17-15-29(16-18-30)14-13-24-27-23-8-4-3-7-22(23)25(28-24)33-20-5-1-2-6-20/h3-4,7-12,20H,1-2,5-6,13-18H2. The van der Waals surface area contributed by atoms with E-state index in [2.05, 4.69) is 4.90 Å². The van der Waals surface area contributed by atoms with Gasteiger partial charge in [-0.1, -0.05) is 23.7 Å². The normalized spacial score (nSPS) is 18.5. The van der Waals surface area contributed by atoms with Gasteiger partial charge in [0, 0.05) is 44.2 Å². The van der Waals surface area contributed by atoms with Gasteiger partial charge < -0.3 is 9.64 Å². The van der Waals surface area contributed by atoms with Gasteiger partial charge in [-0.3, -0.25) is 0 Å². The summed E-state index contributed by atoms with van der Waals surface area (Å²) in [6, 6.07) is 14.3. The number of para-hydroxylation sites is 1. The summed E-state index contributed by atoms with van der Waals surface area (Å²) in [6.45, 7) is 3.03. The Kier molecular flexibility index (Phi) is 7.01. The number of sulfonamides is 1. The van der Waals surface area contributed by atoms with E-state index in [1.54, 1.807) is 28.6 Å². The first kappa shape index (κ1) is 23.5. The summed E-state index contributed by atoms with van der Waals surface area (Å²) in [6.07, 6.45) is 5.51. The molecule has 0 bridgehead atoms. The molecule has 1 aromatic heterocycles. The fourth-order valence-corrected chi connectivity index (χ4v) is 6.21. The van der Waals surface area contributed by atoms with Crippen molar-refractivity contribution in [2.75, 3.05) is 32.7 Å². The van der Waals surface area contributed by atoms with Gasteiger partial charge in [-0.2, -0.15) is 9.29 Å². The molecule has 0 radical (unpaired) electrons. The number of fused-ring (bicyclic) bond motifs is 1. The maximum Gasteiger partial charge on any atom is 0.243 e. The zero-order chi connectivity index (χ0) is 23.5. The highest BCUT2D eigenvalue weighted by Gasteiger charge is 2.28. The van der Waals surface area contributed by atoms with Crippen LogP contribution >= 0.6 is 11.6 Å². The SMILES string of the molecule is O=S(=O)(c1ccc(Cl)cc1)N1CCN(CCc2nc(OC3CCCC3)c3ccccc3n2)CC1. The fourth-order valence-electron chi connectivity index (χ4n) is 4.67. The lowest BCUT2D eigenvalue weighted by molar-refractivity contribution is 0.188. The molecule has 0 spiro atoms. The van der Waals surface area contributed by atoms with Gasteiger partial charge in [0.05, 0.1) is 15.8 Å². The molecule has 2 fully saturated rings. The van der Waals surface area contributed by atoms with Gasteiger partial charge in [-0.25, -0.2) is 13.4 Å². The van der Waals surface area contributed by atoms with E-state index in [1.807, 2.05) is 24.3 Å². The molecule has 0 amide bonds. The molecule has 1 aliphatic heterocycles. The molecular formula is C25H29ClN4O3S. The van der Waals surface area contributed by atoms with E-state index in [0.717, 1.165) is 36.1 Å². The lowest BCUT2D eigenvalue weighted by Gasteiger charge is -2.33. The number of aromatic nitrogens is 2. The third kappa shape index (κ3) is 5.20. The number of nitrogens with zero attached hydrogens (tertiary/aromatic N) is 4. The van der Waals surface area contributed by atoms with E-state index in [4.69, 9.17) is 26.3 Å². The zero-order valence-electron chi connectivity index (χ0n) is 19.1. The molecule has 3 aromatic rings. The molecule has 34 heavy (non-hydrogen) atoms. The predicted octanol–water partition coefficient (Wildman–Crippen LogP) is 4.15. The third-order valence-corrected chi connectivity index (χ3v) is 8.79.